The molecule has 190 valence electrons. The highest BCUT2D eigenvalue weighted by Gasteiger charge is 2.40. The van der Waals surface area contributed by atoms with Crippen molar-refractivity contribution in [3.63, 3.8) is 0 Å². The van der Waals surface area contributed by atoms with Crippen LogP contribution in [0.2, 0.25) is 5.02 Å². The van der Waals surface area contributed by atoms with Crippen molar-refractivity contribution in [2.75, 3.05) is 5.32 Å². The number of carbonyl (C=O) groups excluding carboxylic acids is 1. The van der Waals surface area contributed by atoms with Crippen LogP contribution in [0.15, 0.2) is 91.1 Å². The molecule has 1 atom stereocenters. The Labute approximate surface area is 216 Å². The van der Waals surface area contributed by atoms with Crippen molar-refractivity contribution < 1.29 is 22.4 Å². The Kier molecular flexibility index (Phi) is 7.50. The predicted octanol–water partition coefficient (Wildman–Crippen LogP) is 7.51. The second-order valence-electron chi connectivity index (χ2n) is 8.58. The molecule has 3 aromatic carbocycles. The van der Waals surface area contributed by atoms with Gasteiger partial charge >= 0.3 is 12.2 Å². The molecule has 0 aliphatic carbocycles. The van der Waals surface area contributed by atoms with Gasteiger partial charge in [-0.2, -0.15) is 13.2 Å². The number of nitrogens with zero attached hydrogens (tertiary/aromatic N) is 1. The van der Waals surface area contributed by atoms with E-state index in [9.17, 15) is 22.4 Å². The molecule has 0 bridgehead atoms. The number of pyridine rings is 1. The van der Waals surface area contributed by atoms with Gasteiger partial charge in [0, 0.05) is 18.3 Å². The number of nitrogens with one attached hydrogen (secondary N) is 2. The molecule has 0 aliphatic heterocycles. The lowest BCUT2D eigenvalue weighted by atomic mass is 9.80. The molecule has 2 N–H and O–H groups in total. The van der Waals surface area contributed by atoms with E-state index in [0.29, 0.717) is 5.69 Å². The minimum absolute atomic E-state index is 0.100. The summed E-state index contributed by atoms with van der Waals surface area (Å²) in [6.07, 6.45) is -2.91. The largest absolute Gasteiger partial charge is 0.416 e. The number of alkyl halides is 3. The Morgan fingerprint density at radius 3 is 2.30 bits per heavy atom. The summed E-state index contributed by atoms with van der Waals surface area (Å²) in [5.74, 6) is -0.654. The first-order chi connectivity index (χ1) is 17.6. The molecule has 9 heteroatoms. The molecule has 4 aromatic rings. The fourth-order valence-corrected chi connectivity index (χ4v) is 4.21. The fraction of sp³-hybridized carbons (Fsp3) is 0.143. The van der Waals surface area contributed by atoms with Gasteiger partial charge in [-0.1, -0.05) is 60.1 Å². The molecule has 0 saturated carbocycles. The lowest BCUT2D eigenvalue weighted by molar-refractivity contribution is -0.137. The second kappa shape index (κ2) is 10.6. The van der Waals surface area contributed by atoms with Gasteiger partial charge in [-0.15, -0.1) is 0 Å². The minimum Gasteiger partial charge on any atom is -0.322 e. The van der Waals surface area contributed by atoms with E-state index in [1.807, 2.05) is 25.1 Å². The van der Waals surface area contributed by atoms with Gasteiger partial charge in [-0.25, -0.2) is 9.18 Å². The van der Waals surface area contributed by atoms with Crippen LogP contribution < -0.4 is 10.6 Å². The topological polar surface area (TPSA) is 54.0 Å². The van der Waals surface area contributed by atoms with Crippen molar-refractivity contribution in [2.45, 2.75) is 25.1 Å². The number of aryl methyl sites for hydroxylation is 1. The normalized spacial score (nSPS) is 13.0. The maximum Gasteiger partial charge on any atom is 0.416 e. The van der Waals surface area contributed by atoms with E-state index >= 15 is 0 Å². The number of benzene rings is 3. The predicted molar refractivity (Wildman–Crippen MR) is 135 cm³/mol. The highest BCUT2D eigenvalue weighted by atomic mass is 35.5. The molecule has 0 fully saturated rings. The highest BCUT2D eigenvalue weighted by molar-refractivity contribution is 6.31. The molecule has 0 radical (unpaired) electrons. The summed E-state index contributed by atoms with van der Waals surface area (Å²) in [4.78, 5) is 17.8. The molecule has 37 heavy (non-hydrogen) atoms. The first-order valence-electron chi connectivity index (χ1n) is 11.3. The van der Waals surface area contributed by atoms with E-state index in [1.165, 1.54) is 24.3 Å². The van der Waals surface area contributed by atoms with Gasteiger partial charge in [0.1, 0.15) is 11.4 Å². The zero-order valence-corrected chi connectivity index (χ0v) is 20.4. The number of rotatable bonds is 6. The van der Waals surface area contributed by atoms with Gasteiger partial charge in [0.15, 0.2) is 0 Å². The summed E-state index contributed by atoms with van der Waals surface area (Å²) in [7, 11) is 0. The maximum atomic E-state index is 13.7. The van der Waals surface area contributed by atoms with E-state index < -0.39 is 29.1 Å². The Balaban J connectivity index is 1.86. The molecule has 2 amide bonds. The van der Waals surface area contributed by atoms with E-state index in [1.54, 1.807) is 30.5 Å². The Hall–Kier alpha value is -3.91. The third-order valence-corrected chi connectivity index (χ3v) is 6.14. The van der Waals surface area contributed by atoms with Crippen molar-refractivity contribution in [2.24, 2.45) is 0 Å². The molecule has 0 spiro atoms. The lowest BCUT2D eigenvalue weighted by Gasteiger charge is -2.36. The molecular weight excluding hydrogens is 506 g/mol. The van der Waals surface area contributed by atoms with Gasteiger partial charge in [-0.05, 0) is 60.0 Å². The van der Waals surface area contributed by atoms with Crippen molar-refractivity contribution >= 4 is 23.3 Å². The minimum atomic E-state index is -4.59. The van der Waals surface area contributed by atoms with E-state index in [2.05, 4.69) is 15.6 Å². The second-order valence-corrected chi connectivity index (χ2v) is 8.98. The third-order valence-electron chi connectivity index (χ3n) is 5.85. The average molecular weight is 528 g/mol. The van der Waals surface area contributed by atoms with Gasteiger partial charge in [0.05, 0.1) is 16.3 Å². The van der Waals surface area contributed by atoms with Gasteiger partial charge in [-0.3, -0.25) is 4.98 Å². The molecule has 0 aliphatic rings. The Morgan fingerprint density at radius 1 is 0.919 bits per heavy atom. The Morgan fingerprint density at radius 2 is 1.65 bits per heavy atom. The van der Waals surface area contributed by atoms with Crippen molar-refractivity contribution in [3.8, 4) is 0 Å². The van der Waals surface area contributed by atoms with Crippen LogP contribution >= 0.6 is 11.6 Å². The zero-order valence-electron chi connectivity index (χ0n) is 19.6. The van der Waals surface area contributed by atoms with Crippen LogP contribution in [0.3, 0.4) is 0 Å². The molecule has 1 heterocycles. The van der Waals surface area contributed by atoms with Gasteiger partial charge in [0.2, 0.25) is 0 Å². The monoisotopic (exact) mass is 527 g/mol. The van der Waals surface area contributed by atoms with Crippen LogP contribution in [-0.4, -0.2) is 11.0 Å². The molecule has 4 rings (SSSR count). The van der Waals surface area contributed by atoms with Crippen LogP contribution in [0.1, 0.15) is 27.9 Å². The van der Waals surface area contributed by atoms with Gasteiger partial charge in [0.25, 0.3) is 0 Å². The molecule has 4 nitrogen and oxygen atoms in total. The van der Waals surface area contributed by atoms with Crippen molar-refractivity contribution in [3.05, 3.63) is 130 Å². The standard InChI is InChI=1S/C28H22ClF4N3O/c1-18-10-13-25(34-17-18)27(16-19-6-3-2-4-7-19,20-8-5-9-21(14-20)28(31,32)33)36-26(37)35-22-11-12-24(30)23(29)15-22/h2-15,17H,16H2,1H3,(H2,35,36,37). The lowest BCUT2D eigenvalue weighted by Crippen LogP contribution is -2.50. The smallest absolute Gasteiger partial charge is 0.322 e. The molecular formula is C28H22ClF4N3O. The first kappa shape index (κ1) is 26.2. The van der Waals surface area contributed by atoms with E-state index in [0.717, 1.165) is 29.3 Å². The summed E-state index contributed by atoms with van der Waals surface area (Å²) in [5.41, 5.74) is -0.0207. The number of hydrogen-bond donors (Lipinski definition) is 2. The van der Waals surface area contributed by atoms with Gasteiger partial charge < -0.3 is 10.6 Å². The van der Waals surface area contributed by atoms with Crippen LogP contribution in [0, 0.1) is 12.7 Å². The zero-order chi connectivity index (χ0) is 26.6. The van der Waals surface area contributed by atoms with E-state index in [-0.39, 0.29) is 22.7 Å². The summed E-state index contributed by atoms with van der Waals surface area (Å²) in [5, 5.41) is 5.28. The summed E-state index contributed by atoms with van der Waals surface area (Å²) in [6.45, 7) is 1.83. The summed E-state index contributed by atoms with van der Waals surface area (Å²) < 4.78 is 54.7. The summed E-state index contributed by atoms with van der Waals surface area (Å²) >= 11 is 5.84. The fourth-order valence-electron chi connectivity index (χ4n) is 4.03. The van der Waals surface area contributed by atoms with Crippen molar-refractivity contribution in [1.29, 1.82) is 0 Å². The number of amides is 2. The van der Waals surface area contributed by atoms with Crippen LogP contribution in [0.4, 0.5) is 28.0 Å². The number of urea groups is 1. The SMILES string of the molecule is Cc1ccc(C(Cc2ccccc2)(NC(=O)Nc2ccc(F)c(Cl)c2)c2cccc(C(F)(F)F)c2)nc1. The maximum absolute atomic E-state index is 13.7. The van der Waals surface area contributed by atoms with Crippen molar-refractivity contribution in [1.82, 2.24) is 10.3 Å². The van der Waals surface area contributed by atoms with Crippen LogP contribution in [0.25, 0.3) is 0 Å². The first-order valence-corrected chi connectivity index (χ1v) is 11.6. The highest BCUT2D eigenvalue weighted by Crippen LogP contribution is 2.37. The average Bonchev–Trinajstić information content (AvgIpc) is 2.86. The molecule has 1 aromatic heterocycles. The number of aromatic nitrogens is 1. The third kappa shape index (κ3) is 6.09. The Bertz CT molecular complexity index is 1390. The van der Waals surface area contributed by atoms with E-state index in [4.69, 9.17) is 11.6 Å². The molecule has 0 saturated heterocycles. The molecule has 1 unspecified atom stereocenters. The van der Waals surface area contributed by atoms with Crippen LogP contribution in [0.5, 0.6) is 0 Å². The number of hydrogen-bond acceptors (Lipinski definition) is 2. The summed E-state index contributed by atoms with van der Waals surface area (Å²) in [6, 6.07) is 20.2. The number of anilines is 1. The van der Waals surface area contributed by atoms with Crippen LogP contribution in [-0.2, 0) is 18.1 Å². The number of carbonyl (C=O) groups is 1. The quantitative estimate of drug-likeness (QED) is 0.255. The number of halogens is 5.